The van der Waals surface area contributed by atoms with Crippen LogP contribution in [0.5, 0.6) is 0 Å². The zero-order valence-corrected chi connectivity index (χ0v) is 19.5. The predicted molar refractivity (Wildman–Crippen MR) is 126 cm³/mol. The second-order valence-corrected chi connectivity index (χ2v) is 7.93. The van der Waals surface area contributed by atoms with Crippen molar-refractivity contribution in [3.05, 3.63) is 54.1 Å². The van der Waals surface area contributed by atoms with Crippen LogP contribution in [0.2, 0.25) is 0 Å². The van der Waals surface area contributed by atoms with Crippen molar-refractivity contribution in [2.24, 2.45) is 0 Å². The van der Waals surface area contributed by atoms with Gasteiger partial charge in [0, 0.05) is 18.5 Å². The molecule has 33 heavy (non-hydrogen) atoms. The predicted octanol–water partition coefficient (Wildman–Crippen LogP) is 4.39. The highest BCUT2D eigenvalue weighted by molar-refractivity contribution is 5.84. The van der Waals surface area contributed by atoms with Crippen LogP contribution in [-0.4, -0.2) is 50.6 Å². The number of rotatable bonds is 11. The van der Waals surface area contributed by atoms with Crippen molar-refractivity contribution in [1.29, 1.82) is 0 Å². The zero-order valence-electron chi connectivity index (χ0n) is 19.5. The number of H-pyrrole nitrogens is 1. The molecule has 0 saturated carbocycles. The highest BCUT2D eigenvalue weighted by Crippen LogP contribution is 2.30. The van der Waals surface area contributed by atoms with E-state index >= 15 is 0 Å². The van der Waals surface area contributed by atoms with Gasteiger partial charge in [-0.05, 0) is 34.7 Å². The monoisotopic (exact) mass is 449 g/mol. The lowest BCUT2D eigenvalue weighted by Gasteiger charge is -2.30. The fraction of sp³-hybridized carbons (Fsp3) is 0.400. The Balaban J connectivity index is 1.86. The normalized spacial score (nSPS) is 11.7. The lowest BCUT2D eigenvalue weighted by Crippen LogP contribution is -2.45. The largest absolute Gasteiger partial charge is 0.467 e. The molecule has 0 saturated heterocycles. The van der Waals surface area contributed by atoms with Crippen molar-refractivity contribution >= 4 is 11.9 Å². The lowest BCUT2D eigenvalue weighted by atomic mass is 9.98. The first kappa shape index (κ1) is 24.1. The van der Waals surface area contributed by atoms with E-state index in [4.69, 9.17) is 4.74 Å². The van der Waals surface area contributed by atoms with E-state index in [2.05, 4.69) is 20.6 Å². The standard InChI is InChI=1S/C25H31N5O3/c1-4-6-12-23(31)30(22(9-5-2)25(32)33-3)17-18-13-15-19(16-14-18)20-10-7-8-11-21(20)24-26-28-29-27-24/h7-8,10-11,13-16,22H,4-6,9,12,17H2,1-3H3,(H,26,27,28,29)/t22-/m0/s1. The van der Waals surface area contributed by atoms with E-state index < -0.39 is 6.04 Å². The molecular formula is C25H31N5O3. The smallest absolute Gasteiger partial charge is 0.328 e. The van der Waals surface area contributed by atoms with E-state index in [0.29, 0.717) is 25.2 Å². The molecule has 3 aromatic rings. The minimum atomic E-state index is -0.581. The molecule has 0 fully saturated rings. The lowest BCUT2D eigenvalue weighted by molar-refractivity contribution is -0.153. The van der Waals surface area contributed by atoms with E-state index in [0.717, 1.165) is 41.5 Å². The number of aromatic nitrogens is 4. The third kappa shape index (κ3) is 6.03. The van der Waals surface area contributed by atoms with E-state index in [1.165, 1.54) is 7.11 Å². The van der Waals surface area contributed by atoms with Crippen molar-refractivity contribution in [1.82, 2.24) is 25.5 Å². The molecule has 1 aromatic heterocycles. The Hall–Kier alpha value is -3.55. The molecule has 8 heteroatoms. The fourth-order valence-corrected chi connectivity index (χ4v) is 3.85. The van der Waals surface area contributed by atoms with E-state index in [1.807, 2.05) is 62.4 Å². The number of carbonyl (C=O) groups is 2. The number of carbonyl (C=O) groups excluding carboxylic acids is 2. The van der Waals surface area contributed by atoms with Gasteiger partial charge in [0.1, 0.15) is 6.04 Å². The Morgan fingerprint density at radius 3 is 2.36 bits per heavy atom. The summed E-state index contributed by atoms with van der Waals surface area (Å²) in [4.78, 5) is 27.1. The molecule has 0 aliphatic carbocycles. The molecule has 0 spiro atoms. The van der Waals surface area contributed by atoms with Crippen LogP contribution in [0.4, 0.5) is 0 Å². The van der Waals surface area contributed by atoms with Crippen molar-refractivity contribution in [2.75, 3.05) is 7.11 Å². The van der Waals surface area contributed by atoms with Gasteiger partial charge in [0.05, 0.1) is 7.11 Å². The van der Waals surface area contributed by atoms with Gasteiger partial charge < -0.3 is 9.64 Å². The quantitative estimate of drug-likeness (QED) is 0.436. The number of nitrogens with one attached hydrogen (secondary N) is 1. The van der Waals surface area contributed by atoms with Crippen LogP contribution < -0.4 is 0 Å². The first-order chi connectivity index (χ1) is 16.1. The molecule has 0 radical (unpaired) electrons. The Morgan fingerprint density at radius 2 is 1.76 bits per heavy atom. The molecule has 0 unspecified atom stereocenters. The second kappa shape index (κ2) is 11.9. The molecule has 2 aromatic carbocycles. The molecule has 0 aliphatic rings. The summed E-state index contributed by atoms with van der Waals surface area (Å²) < 4.78 is 5.01. The van der Waals surface area contributed by atoms with Crippen molar-refractivity contribution in [3.8, 4) is 22.5 Å². The van der Waals surface area contributed by atoms with Gasteiger partial charge in [0.2, 0.25) is 11.7 Å². The Labute approximate surface area is 194 Å². The number of esters is 1. The van der Waals surface area contributed by atoms with Gasteiger partial charge >= 0.3 is 5.97 Å². The van der Waals surface area contributed by atoms with Crippen LogP contribution in [0.3, 0.4) is 0 Å². The number of nitrogens with zero attached hydrogens (tertiary/aromatic N) is 4. The van der Waals surface area contributed by atoms with Crippen LogP contribution in [0.25, 0.3) is 22.5 Å². The molecule has 0 bridgehead atoms. The van der Waals surface area contributed by atoms with E-state index in [1.54, 1.807) is 4.90 Å². The van der Waals surface area contributed by atoms with Crippen LogP contribution in [-0.2, 0) is 20.9 Å². The molecule has 174 valence electrons. The average Bonchev–Trinajstić information content (AvgIpc) is 3.39. The number of aromatic amines is 1. The summed E-state index contributed by atoms with van der Waals surface area (Å²) in [5.74, 6) is 0.141. The molecule has 1 atom stereocenters. The SMILES string of the molecule is CCCCC(=O)N(Cc1ccc(-c2ccccc2-c2nn[nH]n2)cc1)[C@@H](CCC)C(=O)OC. The van der Waals surface area contributed by atoms with Gasteiger partial charge in [-0.25, -0.2) is 4.79 Å². The van der Waals surface area contributed by atoms with Crippen molar-refractivity contribution < 1.29 is 14.3 Å². The molecule has 0 aliphatic heterocycles. The number of benzene rings is 2. The number of hydrogen-bond acceptors (Lipinski definition) is 6. The number of unbranched alkanes of at least 4 members (excludes halogenated alkanes) is 1. The summed E-state index contributed by atoms with van der Waals surface area (Å²) in [6.45, 7) is 4.41. The minimum absolute atomic E-state index is 0.0211. The number of tetrazole rings is 1. The molecule has 1 N–H and O–H groups in total. The highest BCUT2D eigenvalue weighted by atomic mass is 16.5. The first-order valence-electron chi connectivity index (χ1n) is 11.4. The summed E-state index contributed by atoms with van der Waals surface area (Å²) in [6.07, 6.45) is 3.49. The highest BCUT2D eigenvalue weighted by Gasteiger charge is 2.29. The van der Waals surface area contributed by atoms with E-state index in [9.17, 15) is 9.59 Å². The Kier molecular flexibility index (Phi) is 8.69. The fourth-order valence-electron chi connectivity index (χ4n) is 3.85. The summed E-state index contributed by atoms with van der Waals surface area (Å²) in [6, 6.07) is 15.3. The van der Waals surface area contributed by atoms with Crippen LogP contribution in [0.1, 0.15) is 51.5 Å². The van der Waals surface area contributed by atoms with Gasteiger partial charge in [-0.3, -0.25) is 4.79 Å². The zero-order chi connectivity index (χ0) is 23.6. The summed E-state index contributed by atoms with van der Waals surface area (Å²) in [5.41, 5.74) is 3.82. The maximum Gasteiger partial charge on any atom is 0.328 e. The molecule has 8 nitrogen and oxygen atoms in total. The molecule has 3 rings (SSSR count). The van der Waals surface area contributed by atoms with E-state index in [-0.39, 0.29) is 11.9 Å². The van der Waals surface area contributed by atoms with Crippen LogP contribution >= 0.6 is 0 Å². The van der Waals surface area contributed by atoms with Crippen molar-refractivity contribution in [2.45, 2.75) is 58.5 Å². The van der Waals surface area contributed by atoms with Crippen LogP contribution in [0.15, 0.2) is 48.5 Å². The van der Waals surface area contributed by atoms with Gasteiger partial charge in [-0.1, -0.05) is 75.2 Å². The number of methoxy groups -OCH3 is 1. The summed E-state index contributed by atoms with van der Waals surface area (Å²) in [7, 11) is 1.37. The van der Waals surface area contributed by atoms with Gasteiger partial charge in [-0.15, -0.1) is 10.2 Å². The third-order valence-corrected chi connectivity index (χ3v) is 5.61. The average molecular weight is 450 g/mol. The van der Waals surface area contributed by atoms with Crippen LogP contribution in [0, 0.1) is 0 Å². The van der Waals surface area contributed by atoms with Gasteiger partial charge in [0.15, 0.2) is 0 Å². The summed E-state index contributed by atoms with van der Waals surface area (Å²) in [5, 5.41) is 14.4. The molecule has 1 amide bonds. The number of hydrogen-bond donors (Lipinski definition) is 1. The van der Waals surface area contributed by atoms with Gasteiger partial charge in [0.25, 0.3) is 0 Å². The van der Waals surface area contributed by atoms with Crippen molar-refractivity contribution in [3.63, 3.8) is 0 Å². The maximum atomic E-state index is 13.0. The minimum Gasteiger partial charge on any atom is -0.467 e. The number of amides is 1. The topological polar surface area (TPSA) is 101 Å². The Bertz CT molecular complexity index is 1030. The second-order valence-electron chi connectivity index (χ2n) is 7.93. The maximum absolute atomic E-state index is 13.0. The first-order valence-corrected chi connectivity index (χ1v) is 11.4. The summed E-state index contributed by atoms with van der Waals surface area (Å²) >= 11 is 0. The molecular weight excluding hydrogens is 418 g/mol. The van der Waals surface area contributed by atoms with Gasteiger partial charge in [-0.2, -0.15) is 5.21 Å². The third-order valence-electron chi connectivity index (χ3n) is 5.61. The number of ether oxygens (including phenoxy) is 1. The Morgan fingerprint density at radius 1 is 1.03 bits per heavy atom. The molecule has 1 heterocycles.